The van der Waals surface area contributed by atoms with Gasteiger partial charge in [-0.15, -0.1) is 0 Å². The predicted octanol–water partition coefficient (Wildman–Crippen LogP) is 2.61. The number of pyridine rings is 1. The van der Waals surface area contributed by atoms with Crippen LogP contribution in [0.4, 0.5) is 0 Å². The van der Waals surface area contributed by atoms with E-state index in [-0.39, 0.29) is 11.9 Å². The molecule has 3 aromatic rings. The number of imidazole rings is 1. The average Bonchev–Trinajstić information content (AvgIpc) is 3.10. The Morgan fingerprint density at radius 2 is 2.08 bits per heavy atom. The Morgan fingerprint density at radius 1 is 1.23 bits per heavy atom. The third kappa shape index (κ3) is 3.35. The Bertz CT molecular complexity index is 867. The zero-order chi connectivity index (χ0) is 17.9. The zero-order valence-electron chi connectivity index (χ0n) is 15.1. The van der Waals surface area contributed by atoms with Crippen LogP contribution in [0.5, 0.6) is 0 Å². The van der Waals surface area contributed by atoms with E-state index < -0.39 is 0 Å². The molecule has 2 aromatic heterocycles. The number of hydrogen-bond acceptors (Lipinski definition) is 3. The molecule has 1 amide bonds. The SMILES string of the molecule is CCc1ccc(C2CNCCN2C(=O)Cc2cn3ccccc3n2)cc1. The summed E-state index contributed by atoms with van der Waals surface area (Å²) in [7, 11) is 0. The lowest BCUT2D eigenvalue weighted by molar-refractivity contribution is -0.133. The van der Waals surface area contributed by atoms with E-state index in [1.807, 2.05) is 39.9 Å². The van der Waals surface area contributed by atoms with Crippen LogP contribution < -0.4 is 5.32 Å². The van der Waals surface area contributed by atoms with Crippen molar-refractivity contribution in [1.82, 2.24) is 19.6 Å². The first-order valence-electron chi connectivity index (χ1n) is 9.26. The lowest BCUT2D eigenvalue weighted by atomic mass is 10.0. The Kier molecular flexibility index (Phi) is 4.71. The van der Waals surface area contributed by atoms with E-state index in [9.17, 15) is 4.79 Å². The highest BCUT2D eigenvalue weighted by Gasteiger charge is 2.28. The molecule has 1 saturated heterocycles. The van der Waals surface area contributed by atoms with Crippen molar-refractivity contribution in [1.29, 1.82) is 0 Å². The summed E-state index contributed by atoms with van der Waals surface area (Å²) in [5.41, 5.74) is 4.21. The van der Waals surface area contributed by atoms with Gasteiger partial charge < -0.3 is 14.6 Å². The minimum Gasteiger partial charge on any atom is -0.333 e. The molecule has 1 unspecified atom stereocenters. The second-order valence-corrected chi connectivity index (χ2v) is 6.78. The summed E-state index contributed by atoms with van der Waals surface area (Å²) in [4.78, 5) is 19.6. The number of fused-ring (bicyclic) bond motifs is 1. The number of nitrogens with zero attached hydrogens (tertiary/aromatic N) is 3. The van der Waals surface area contributed by atoms with Gasteiger partial charge in [0.2, 0.25) is 5.91 Å². The standard InChI is InChI=1S/C21H24N4O/c1-2-16-6-8-17(9-7-16)19-14-22-10-12-25(19)21(26)13-18-15-24-11-4-3-5-20(24)23-18/h3-9,11,15,19,22H,2,10,12-14H2,1H3. The maximum absolute atomic E-state index is 13.0. The van der Waals surface area contributed by atoms with Gasteiger partial charge in [0.15, 0.2) is 0 Å². The molecular weight excluding hydrogens is 324 g/mol. The first kappa shape index (κ1) is 16.8. The van der Waals surface area contributed by atoms with Crippen LogP contribution in [-0.2, 0) is 17.6 Å². The van der Waals surface area contributed by atoms with Gasteiger partial charge in [-0.1, -0.05) is 37.3 Å². The van der Waals surface area contributed by atoms with Crippen molar-refractivity contribution >= 4 is 11.6 Å². The van der Waals surface area contributed by atoms with E-state index in [1.54, 1.807) is 0 Å². The van der Waals surface area contributed by atoms with Gasteiger partial charge in [0.25, 0.3) is 0 Å². The van der Waals surface area contributed by atoms with E-state index >= 15 is 0 Å². The van der Waals surface area contributed by atoms with Crippen LogP contribution in [0.2, 0.25) is 0 Å². The summed E-state index contributed by atoms with van der Waals surface area (Å²) >= 11 is 0. The van der Waals surface area contributed by atoms with Crippen LogP contribution in [-0.4, -0.2) is 39.8 Å². The quantitative estimate of drug-likeness (QED) is 0.788. The monoisotopic (exact) mass is 348 g/mol. The molecule has 0 bridgehead atoms. The Morgan fingerprint density at radius 3 is 2.85 bits per heavy atom. The number of carbonyl (C=O) groups is 1. The van der Waals surface area contributed by atoms with Gasteiger partial charge >= 0.3 is 0 Å². The molecular formula is C21H24N4O. The fourth-order valence-corrected chi connectivity index (χ4v) is 3.60. The molecule has 1 N–H and O–H groups in total. The smallest absolute Gasteiger partial charge is 0.229 e. The summed E-state index contributed by atoms with van der Waals surface area (Å²) in [5, 5.41) is 3.42. The highest BCUT2D eigenvalue weighted by molar-refractivity contribution is 5.79. The van der Waals surface area contributed by atoms with Crippen molar-refractivity contribution in [2.75, 3.05) is 19.6 Å². The topological polar surface area (TPSA) is 49.6 Å². The van der Waals surface area contributed by atoms with Crippen molar-refractivity contribution in [3.05, 3.63) is 71.7 Å². The second-order valence-electron chi connectivity index (χ2n) is 6.78. The van der Waals surface area contributed by atoms with Crippen molar-refractivity contribution in [3.63, 3.8) is 0 Å². The number of nitrogens with one attached hydrogen (secondary N) is 1. The van der Waals surface area contributed by atoms with Crippen LogP contribution in [0.25, 0.3) is 5.65 Å². The molecule has 0 aliphatic carbocycles. The minimum absolute atomic E-state index is 0.0826. The number of aryl methyl sites for hydroxylation is 1. The predicted molar refractivity (Wildman–Crippen MR) is 102 cm³/mol. The second kappa shape index (κ2) is 7.30. The Hall–Kier alpha value is -2.66. The molecule has 0 saturated carbocycles. The summed E-state index contributed by atoms with van der Waals surface area (Å²) in [6.07, 6.45) is 5.27. The van der Waals surface area contributed by atoms with E-state index in [0.29, 0.717) is 6.42 Å². The molecule has 4 rings (SSSR count). The van der Waals surface area contributed by atoms with Crippen molar-refractivity contribution < 1.29 is 4.79 Å². The van der Waals surface area contributed by atoms with E-state index in [1.165, 1.54) is 11.1 Å². The van der Waals surface area contributed by atoms with Crippen molar-refractivity contribution in [2.45, 2.75) is 25.8 Å². The normalized spacial score (nSPS) is 17.6. The van der Waals surface area contributed by atoms with Crippen LogP contribution in [0.15, 0.2) is 54.9 Å². The number of amides is 1. The molecule has 5 heteroatoms. The first-order chi connectivity index (χ1) is 12.7. The number of carbonyl (C=O) groups excluding carboxylic acids is 1. The highest BCUT2D eigenvalue weighted by Crippen LogP contribution is 2.24. The van der Waals surface area contributed by atoms with Gasteiger partial charge in [0, 0.05) is 32.0 Å². The third-order valence-electron chi connectivity index (χ3n) is 5.08. The molecule has 3 heterocycles. The fraction of sp³-hybridized carbons (Fsp3) is 0.333. The molecule has 1 atom stereocenters. The van der Waals surface area contributed by atoms with E-state index in [2.05, 4.69) is 41.5 Å². The molecule has 5 nitrogen and oxygen atoms in total. The van der Waals surface area contributed by atoms with Crippen molar-refractivity contribution in [2.24, 2.45) is 0 Å². The molecule has 0 spiro atoms. The van der Waals surface area contributed by atoms with E-state index in [0.717, 1.165) is 37.4 Å². The molecule has 1 fully saturated rings. The molecule has 1 aromatic carbocycles. The number of rotatable bonds is 4. The number of benzene rings is 1. The minimum atomic E-state index is 0.0826. The Balaban J connectivity index is 1.53. The van der Waals surface area contributed by atoms with Gasteiger partial charge in [-0.05, 0) is 29.7 Å². The van der Waals surface area contributed by atoms with Crippen molar-refractivity contribution in [3.8, 4) is 0 Å². The van der Waals surface area contributed by atoms with Gasteiger partial charge in [-0.25, -0.2) is 4.98 Å². The van der Waals surface area contributed by atoms with Crippen LogP contribution in [0.1, 0.15) is 29.8 Å². The average molecular weight is 348 g/mol. The maximum Gasteiger partial charge on any atom is 0.229 e. The number of piperazine rings is 1. The lowest BCUT2D eigenvalue weighted by Gasteiger charge is -2.36. The van der Waals surface area contributed by atoms with Crippen LogP contribution in [0, 0.1) is 0 Å². The van der Waals surface area contributed by atoms with Gasteiger partial charge in [-0.2, -0.15) is 0 Å². The summed E-state index contributed by atoms with van der Waals surface area (Å²) in [6, 6.07) is 14.6. The third-order valence-corrected chi connectivity index (χ3v) is 5.08. The first-order valence-corrected chi connectivity index (χ1v) is 9.26. The van der Waals surface area contributed by atoms with E-state index in [4.69, 9.17) is 0 Å². The molecule has 0 radical (unpaired) electrons. The van der Waals surface area contributed by atoms with Gasteiger partial charge in [-0.3, -0.25) is 4.79 Å². The van der Waals surface area contributed by atoms with Gasteiger partial charge in [0.05, 0.1) is 18.2 Å². The largest absolute Gasteiger partial charge is 0.333 e. The Labute approximate surface area is 153 Å². The highest BCUT2D eigenvalue weighted by atomic mass is 16.2. The van der Waals surface area contributed by atoms with Crippen LogP contribution in [0.3, 0.4) is 0 Å². The molecule has 1 aliphatic rings. The fourth-order valence-electron chi connectivity index (χ4n) is 3.60. The summed E-state index contributed by atoms with van der Waals surface area (Å²) < 4.78 is 1.96. The number of hydrogen-bond donors (Lipinski definition) is 1. The summed E-state index contributed by atoms with van der Waals surface area (Å²) in [6.45, 7) is 4.51. The maximum atomic E-state index is 13.0. The number of aromatic nitrogens is 2. The van der Waals surface area contributed by atoms with Crippen LogP contribution >= 0.6 is 0 Å². The van der Waals surface area contributed by atoms with Gasteiger partial charge in [0.1, 0.15) is 5.65 Å². The lowest BCUT2D eigenvalue weighted by Crippen LogP contribution is -2.49. The molecule has 134 valence electrons. The molecule has 26 heavy (non-hydrogen) atoms. The summed E-state index contributed by atoms with van der Waals surface area (Å²) in [5.74, 6) is 0.138. The zero-order valence-corrected chi connectivity index (χ0v) is 15.1. The molecule has 1 aliphatic heterocycles.